The average molecular weight is 246 g/mol. The molecule has 1 rings (SSSR count). The summed E-state index contributed by atoms with van der Waals surface area (Å²) in [6, 6.07) is 3.46. The highest BCUT2D eigenvalue weighted by Gasteiger charge is 2.07. The van der Waals surface area contributed by atoms with Crippen molar-refractivity contribution in [3.63, 3.8) is 0 Å². The Balaban J connectivity index is 2.40. The Labute approximate surface area is 85.6 Å². The second kappa shape index (κ2) is 5.07. The molecule has 0 spiro atoms. The molecule has 0 aliphatic carbocycles. The van der Waals surface area contributed by atoms with E-state index in [-0.39, 0.29) is 5.91 Å². The van der Waals surface area contributed by atoms with Gasteiger partial charge in [0.1, 0.15) is 5.76 Å². The minimum Gasteiger partial charge on any atom is -0.456 e. The lowest BCUT2D eigenvalue weighted by Crippen LogP contribution is -2.24. The highest BCUT2D eigenvalue weighted by molar-refractivity contribution is 9.09. The maximum Gasteiger partial charge on any atom is 0.286 e. The van der Waals surface area contributed by atoms with Crippen LogP contribution in [0.1, 0.15) is 22.7 Å². The standard InChI is InChI=1S/C9H12BrNO2/c1-7-3-4-8(13-7)9(12)11-6-2-5-10/h3-4H,2,5-6H2,1H3,(H,11,12). The molecule has 1 N–H and O–H groups in total. The molecule has 1 amide bonds. The van der Waals surface area contributed by atoms with Crippen LogP contribution in [0.3, 0.4) is 0 Å². The van der Waals surface area contributed by atoms with E-state index in [9.17, 15) is 4.79 Å². The van der Waals surface area contributed by atoms with Crippen molar-refractivity contribution in [3.05, 3.63) is 23.7 Å². The Bertz CT molecular complexity index is 283. The molecule has 1 heterocycles. The van der Waals surface area contributed by atoms with E-state index in [1.807, 2.05) is 6.92 Å². The van der Waals surface area contributed by atoms with Crippen molar-refractivity contribution < 1.29 is 9.21 Å². The predicted molar refractivity (Wildman–Crippen MR) is 54.2 cm³/mol. The molecule has 0 radical (unpaired) electrons. The highest BCUT2D eigenvalue weighted by atomic mass is 79.9. The minimum absolute atomic E-state index is 0.144. The van der Waals surface area contributed by atoms with Gasteiger partial charge in [0.15, 0.2) is 5.76 Å². The molecule has 0 unspecified atom stereocenters. The molecule has 0 saturated heterocycles. The number of alkyl halides is 1. The van der Waals surface area contributed by atoms with Gasteiger partial charge >= 0.3 is 0 Å². The van der Waals surface area contributed by atoms with Crippen LogP contribution in [0, 0.1) is 6.92 Å². The highest BCUT2D eigenvalue weighted by Crippen LogP contribution is 2.05. The number of rotatable bonds is 4. The molecule has 13 heavy (non-hydrogen) atoms. The van der Waals surface area contributed by atoms with Crippen molar-refractivity contribution >= 4 is 21.8 Å². The second-order valence-electron chi connectivity index (χ2n) is 2.71. The number of amides is 1. The molecule has 0 saturated carbocycles. The Morgan fingerprint density at radius 3 is 2.92 bits per heavy atom. The zero-order valence-electron chi connectivity index (χ0n) is 7.47. The third kappa shape index (κ3) is 3.22. The summed E-state index contributed by atoms with van der Waals surface area (Å²) in [4.78, 5) is 11.3. The molecule has 3 nitrogen and oxygen atoms in total. The molecular formula is C9H12BrNO2. The van der Waals surface area contributed by atoms with Gasteiger partial charge in [-0.05, 0) is 25.5 Å². The molecule has 0 bridgehead atoms. The van der Waals surface area contributed by atoms with Crippen LogP contribution >= 0.6 is 15.9 Å². The molecule has 0 aliphatic heterocycles. The molecule has 72 valence electrons. The Kier molecular flexibility index (Phi) is 4.02. The third-order valence-electron chi connectivity index (χ3n) is 1.56. The van der Waals surface area contributed by atoms with E-state index < -0.39 is 0 Å². The average Bonchev–Trinajstić information content (AvgIpc) is 2.52. The van der Waals surface area contributed by atoms with E-state index in [4.69, 9.17) is 4.42 Å². The van der Waals surface area contributed by atoms with Crippen LogP contribution in [0.15, 0.2) is 16.5 Å². The number of nitrogens with one attached hydrogen (secondary N) is 1. The first-order valence-corrected chi connectivity index (χ1v) is 5.27. The molecule has 0 aliphatic rings. The fourth-order valence-electron chi connectivity index (χ4n) is 0.912. The summed E-state index contributed by atoms with van der Waals surface area (Å²) >= 11 is 3.29. The zero-order valence-corrected chi connectivity index (χ0v) is 9.06. The van der Waals surface area contributed by atoms with Crippen LogP contribution in [0.4, 0.5) is 0 Å². The van der Waals surface area contributed by atoms with Crippen molar-refractivity contribution in [2.75, 3.05) is 11.9 Å². The molecule has 1 aromatic rings. The van der Waals surface area contributed by atoms with E-state index in [0.717, 1.165) is 17.5 Å². The van der Waals surface area contributed by atoms with Crippen LogP contribution in [0.2, 0.25) is 0 Å². The van der Waals surface area contributed by atoms with Crippen molar-refractivity contribution in [2.24, 2.45) is 0 Å². The monoisotopic (exact) mass is 245 g/mol. The minimum atomic E-state index is -0.144. The summed E-state index contributed by atoms with van der Waals surface area (Å²) in [6.45, 7) is 2.49. The molecule has 0 fully saturated rings. The summed E-state index contributed by atoms with van der Waals surface area (Å²) < 4.78 is 5.15. The Morgan fingerprint density at radius 2 is 2.38 bits per heavy atom. The summed E-state index contributed by atoms with van der Waals surface area (Å²) in [5, 5.41) is 3.64. The topological polar surface area (TPSA) is 42.2 Å². The molecule has 0 atom stereocenters. The number of carbonyl (C=O) groups excluding carboxylic acids is 1. The lowest BCUT2D eigenvalue weighted by atomic mass is 10.4. The van der Waals surface area contributed by atoms with E-state index >= 15 is 0 Å². The first kappa shape index (κ1) is 10.3. The van der Waals surface area contributed by atoms with E-state index in [1.54, 1.807) is 12.1 Å². The van der Waals surface area contributed by atoms with Crippen molar-refractivity contribution in [1.82, 2.24) is 5.32 Å². The lowest BCUT2D eigenvalue weighted by Gasteiger charge is -1.99. The molecular weight excluding hydrogens is 234 g/mol. The quantitative estimate of drug-likeness (QED) is 0.653. The normalized spacial score (nSPS) is 10.0. The number of carbonyl (C=O) groups is 1. The van der Waals surface area contributed by atoms with Crippen molar-refractivity contribution in [2.45, 2.75) is 13.3 Å². The number of hydrogen-bond acceptors (Lipinski definition) is 2. The van der Waals surface area contributed by atoms with Gasteiger partial charge in [-0.15, -0.1) is 0 Å². The maximum absolute atomic E-state index is 11.3. The van der Waals surface area contributed by atoms with Gasteiger partial charge in [0.2, 0.25) is 0 Å². The number of hydrogen-bond donors (Lipinski definition) is 1. The van der Waals surface area contributed by atoms with Gasteiger partial charge < -0.3 is 9.73 Å². The molecule has 0 aromatic carbocycles. The van der Waals surface area contributed by atoms with Crippen LogP contribution in [0.5, 0.6) is 0 Å². The first-order chi connectivity index (χ1) is 6.24. The van der Waals surface area contributed by atoms with Crippen LogP contribution < -0.4 is 5.32 Å². The number of halogens is 1. The van der Waals surface area contributed by atoms with Crippen molar-refractivity contribution in [3.8, 4) is 0 Å². The predicted octanol–water partition coefficient (Wildman–Crippen LogP) is 2.10. The Morgan fingerprint density at radius 1 is 1.62 bits per heavy atom. The van der Waals surface area contributed by atoms with E-state index in [2.05, 4.69) is 21.2 Å². The lowest BCUT2D eigenvalue weighted by molar-refractivity contribution is 0.0925. The summed E-state index contributed by atoms with van der Waals surface area (Å²) in [6.07, 6.45) is 0.922. The van der Waals surface area contributed by atoms with Gasteiger partial charge in [0.25, 0.3) is 5.91 Å². The fraction of sp³-hybridized carbons (Fsp3) is 0.444. The molecule has 1 aromatic heterocycles. The van der Waals surface area contributed by atoms with Crippen LogP contribution in [-0.2, 0) is 0 Å². The van der Waals surface area contributed by atoms with Gasteiger partial charge in [-0.1, -0.05) is 15.9 Å². The molecule has 4 heteroatoms. The summed E-state index contributed by atoms with van der Waals surface area (Å²) in [7, 11) is 0. The van der Waals surface area contributed by atoms with Gasteiger partial charge in [-0.2, -0.15) is 0 Å². The Hall–Kier alpha value is -0.770. The largest absolute Gasteiger partial charge is 0.456 e. The van der Waals surface area contributed by atoms with Crippen molar-refractivity contribution in [1.29, 1.82) is 0 Å². The fourth-order valence-corrected chi connectivity index (χ4v) is 1.19. The smallest absolute Gasteiger partial charge is 0.286 e. The zero-order chi connectivity index (χ0) is 9.68. The van der Waals surface area contributed by atoms with Crippen LogP contribution in [-0.4, -0.2) is 17.8 Å². The van der Waals surface area contributed by atoms with E-state index in [0.29, 0.717) is 12.3 Å². The van der Waals surface area contributed by atoms with E-state index in [1.165, 1.54) is 0 Å². The number of aryl methyl sites for hydroxylation is 1. The van der Waals surface area contributed by atoms with Crippen LogP contribution in [0.25, 0.3) is 0 Å². The summed E-state index contributed by atoms with van der Waals surface area (Å²) in [5.74, 6) is 0.992. The second-order valence-corrected chi connectivity index (χ2v) is 3.50. The van der Waals surface area contributed by atoms with Gasteiger partial charge in [-0.25, -0.2) is 0 Å². The SMILES string of the molecule is Cc1ccc(C(=O)NCCCBr)o1. The van der Waals surface area contributed by atoms with Gasteiger partial charge in [-0.3, -0.25) is 4.79 Å². The summed E-state index contributed by atoms with van der Waals surface area (Å²) in [5.41, 5.74) is 0. The van der Waals surface area contributed by atoms with Gasteiger partial charge in [0, 0.05) is 11.9 Å². The third-order valence-corrected chi connectivity index (χ3v) is 2.12. The maximum atomic E-state index is 11.3. The van der Waals surface area contributed by atoms with Gasteiger partial charge in [0.05, 0.1) is 0 Å². The number of furan rings is 1. The first-order valence-electron chi connectivity index (χ1n) is 4.14.